The fourth-order valence-corrected chi connectivity index (χ4v) is 5.55. The molecule has 0 amide bonds. The van der Waals surface area contributed by atoms with Gasteiger partial charge in [0, 0.05) is 6.42 Å². The van der Waals surface area contributed by atoms with Crippen LogP contribution in [0.25, 0.3) is 0 Å². The van der Waals surface area contributed by atoms with Crippen LogP contribution in [-0.2, 0) is 0 Å². The van der Waals surface area contributed by atoms with Crippen LogP contribution in [-0.4, -0.2) is 29.1 Å². The van der Waals surface area contributed by atoms with Crippen LogP contribution in [0.5, 0.6) is 0 Å². The summed E-state index contributed by atoms with van der Waals surface area (Å²) < 4.78 is 14.0. The molecule has 5 unspecified atom stereocenters. The number of halogens is 1. The van der Waals surface area contributed by atoms with E-state index in [1.807, 2.05) is 12.2 Å². The molecule has 3 aliphatic carbocycles. The topological polar surface area (TPSA) is 40.5 Å². The van der Waals surface area contributed by atoms with Crippen molar-refractivity contribution in [3.8, 4) is 0 Å². The molecule has 3 heteroatoms. The molecule has 154 valence electrons. The van der Waals surface area contributed by atoms with Gasteiger partial charge in [0.05, 0.1) is 12.7 Å². The van der Waals surface area contributed by atoms with Gasteiger partial charge in [0.2, 0.25) is 0 Å². The maximum Gasteiger partial charge on any atom is 0.127 e. The summed E-state index contributed by atoms with van der Waals surface area (Å²) >= 11 is 0. The first-order chi connectivity index (χ1) is 13.4. The second kappa shape index (κ2) is 8.92. The third-order valence-corrected chi connectivity index (χ3v) is 7.13. The zero-order valence-corrected chi connectivity index (χ0v) is 17.3. The van der Waals surface area contributed by atoms with Crippen LogP contribution in [0, 0.1) is 17.3 Å². The standard InChI is InChI=1S/C25H35FO2/c1-17(7-4-5-14-27)22-11-12-23-19(8-6-13-25(22,23)3)9-10-20-15-21(28)16-24(26)18(20)2/h4-5,9-11,17,21,23-24,27-28H,2,6-8,12-16H2,1,3H3. The molecule has 2 saturated carbocycles. The van der Waals surface area contributed by atoms with Gasteiger partial charge in [0.1, 0.15) is 6.17 Å². The smallest absolute Gasteiger partial charge is 0.127 e. The highest BCUT2D eigenvalue weighted by molar-refractivity contribution is 5.40. The van der Waals surface area contributed by atoms with Gasteiger partial charge in [-0.2, -0.15) is 0 Å². The van der Waals surface area contributed by atoms with Gasteiger partial charge < -0.3 is 10.2 Å². The summed E-state index contributed by atoms with van der Waals surface area (Å²) in [6.07, 6.45) is 15.0. The first kappa shape index (κ1) is 21.3. The quantitative estimate of drug-likeness (QED) is 0.604. The SMILES string of the molecule is C=C1C(=CC=C2CCCC3(C)C(C(C)CC=CCO)=CCC23)CC(O)CC1F. The van der Waals surface area contributed by atoms with Gasteiger partial charge >= 0.3 is 0 Å². The lowest BCUT2D eigenvalue weighted by molar-refractivity contribution is 0.124. The molecule has 5 atom stereocenters. The molecule has 28 heavy (non-hydrogen) atoms. The predicted molar refractivity (Wildman–Crippen MR) is 114 cm³/mol. The number of aliphatic hydroxyl groups excluding tert-OH is 2. The molecule has 0 saturated heterocycles. The maximum absolute atomic E-state index is 14.0. The number of hydrogen-bond donors (Lipinski definition) is 2. The molecule has 0 aromatic carbocycles. The molecule has 2 fully saturated rings. The molecular formula is C25H35FO2. The van der Waals surface area contributed by atoms with E-state index < -0.39 is 12.3 Å². The van der Waals surface area contributed by atoms with Gasteiger partial charge in [0.25, 0.3) is 0 Å². The Balaban J connectivity index is 1.77. The zero-order chi connectivity index (χ0) is 20.3. The van der Waals surface area contributed by atoms with Gasteiger partial charge in [-0.25, -0.2) is 4.39 Å². The highest BCUT2D eigenvalue weighted by Crippen LogP contribution is 2.56. The average molecular weight is 387 g/mol. The van der Waals surface area contributed by atoms with E-state index in [-0.39, 0.29) is 18.4 Å². The summed E-state index contributed by atoms with van der Waals surface area (Å²) in [6.45, 7) is 8.71. The molecule has 0 aromatic heterocycles. The lowest BCUT2D eigenvalue weighted by Gasteiger charge is -2.42. The maximum atomic E-state index is 14.0. The van der Waals surface area contributed by atoms with Crippen LogP contribution in [0.15, 0.2) is 59.3 Å². The zero-order valence-electron chi connectivity index (χ0n) is 17.3. The summed E-state index contributed by atoms with van der Waals surface area (Å²) in [5.74, 6) is 0.997. The number of allylic oxidation sites excluding steroid dienone is 7. The van der Waals surface area contributed by atoms with Crippen molar-refractivity contribution in [2.24, 2.45) is 17.3 Å². The number of alkyl halides is 1. The monoisotopic (exact) mass is 386 g/mol. The van der Waals surface area contributed by atoms with Gasteiger partial charge in [0.15, 0.2) is 0 Å². The first-order valence-corrected chi connectivity index (χ1v) is 10.7. The van der Waals surface area contributed by atoms with E-state index in [1.54, 1.807) is 5.57 Å². The molecule has 2 N–H and O–H groups in total. The van der Waals surface area contributed by atoms with E-state index in [9.17, 15) is 9.50 Å². The third-order valence-electron chi connectivity index (χ3n) is 7.13. The first-order valence-electron chi connectivity index (χ1n) is 10.7. The van der Waals surface area contributed by atoms with Crippen LogP contribution in [0.4, 0.5) is 4.39 Å². The summed E-state index contributed by atoms with van der Waals surface area (Å²) in [5.41, 5.74) is 4.60. The number of rotatable bonds is 5. The van der Waals surface area contributed by atoms with E-state index in [4.69, 9.17) is 5.11 Å². The van der Waals surface area contributed by atoms with E-state index >= 15 is 0 Å². The second-order valence-electron chi connectivity index (χ2n) is 9.03. The highest BCUT2D eigenvalue weighted by Gasteiger charge is 2.45. The Morgan fingerprint density at radius 1 is 1.36 bits per heavy atom. The third kappa shape index (κ3) is 4.26. The van der Waals surface area contributed by atoms with Crippen LogP contribution in [0.3, 0.4) is 0 Å². The summed E-state index contributed by atoms with van der Waals surface area (Å²) in [5, 5.41) is 18.9. The minimum atomic E-state index is -1.13. The molecule has 3 aliphatic rings. The van der Waals surface area contributed by atoms with E-state index in [0.717, 1.165) is 24.8 Å². The van der Waals surface area contributed by atoms with Crippen LogP contribution >= 0.6 is 0 Å². The Morgan fingerprint density at radius 2 is 2.14 bits per heavy atom. The minimum absolute atomic E-state index is 0.104. The van der Waals surface area contributed by atoms with E-state index in [0.29, 0.717) is 23.8 Å². The van der Waals surface area contributed by atoms with Crippen LogP contribution in [0.2, 0.25) is 0 Å². The largest absolute Gasteiger partial charge is 0.393 e. The highest BCUT2D eigenvalue weighted by atomic mass is 19.1. The van der Waals surface area contributed by atoms with Gasteiger partial charge in [-0.1, -0.05) is 62.0 Å². The van der Waals surface area contributed by atoms with Gasteiger partial charge in [-0.05, 0) is 66.9 Å². The number of aliphatic hydroxyl groups is 2. The number of hydrogen-bond acceptors (Lipinski definition) is 2. The molecule has 0 heterocycles. The van der Waals surface area contributed by atoms with Crippen molar-refractivity contribution >= 4 is 0 Å². The molecule has 0 spiro atoms. The average Bonchev–Trinajstić information content (AvgIpc) is 3.01. The van der Waals surface area contributed by atoms with Crippen molar-refractivity contribution in [3.05, 3.63) is 59.3 Å². The molecular weight excluding hydrogens is 351 g/mol. The Morgan fingerprint density at radius 3 is 2.89 bits per heavy atom. The van der Waals surface area contributed by atoms with Crippen LogP contribution in [0.1, 0.15) is 58.8 Å². The lowest BCUT2D eigenvalue weighted by atomic mass is 9.62. The fraction of sp³-hybridized carbons (Fsp3) is 0.600. The van der Waals surface area contributed by atoms with Crippen LogP contribution < -0.4 is 0 Å². The van der Waals surface area contributed by atoms with Gasteiger partial charge in [-0.3, -0.25) is 0 Å². The Hall–Kier alpha value is -1.45. The van der Waals surface area contributed by atoms with E-state index in [1.165, 1.54) is 18.4 Å². The summed E-state index contributed by atoms with van der Waals surface area (Å²) in [7, 11) is 0. The molecule has 3 rings (SSSR count). The van der Waals surface area contributed by atoms with Crippen molar-refractivity contribution in [3.63, 3.8) is 0 Å². The van der Waals surface area contributed by atoms with E-state index in [2.05, 4.69) is 38.7 Å². The molecule has 2 nitrogen and oxygen atoms in total. The minimum Gasteiger partial charge on any atom is -0.393 e. The number of fused-ring (bicyclic) bond motifs is 1. The van der Waals surface area contributed by atoms with Crippen molar-refractivity contribution in [2.75, 3.05) is 6.61 Å². The second-order valence-corrected chi connectivity index (χ2v) is 9.03. The van der Waals surface area contributed by atoms with Crippen molar-refractivity contribution < 1.29 is 14.6 Å². The molecule has 0 radical (unpaired) electrons. The Kier molecular flexibility index (Phi) is 6.77. The predicted octanol–water partition coefficient (Wildman–Crippen LogP) is 5.60. The normalized spacial score (nSPS) is 37.5. The lowest BCUT2D eigenvalue weighted by Crippen LogP contribution is -2.32. The molecule has 0 bridgehead atoms. The van der Waals surface area contributed by atoms with Crippen molar-refractivity contribution in [1.29, 1.82) is 0 Å². The Labute approximate surface area is 169 Å². The summed E-state index contributed by atoms with van der Waals surface area (Å²) in [6, 6.07) is 0. The van der Waals surface area contributed by atoms with Crippen molar-refractivity contribution in [1.82, 2.24) is 0 Å². The molecule has 0 aromatic rings. The Bertz CT molecular complexity index is 714. The van der Waals surface area contributed by atoms with Gasteiger partial charge in [-0.15, -0.1) is 0 Å². The summed E-state index contributed by atoms with van der Waals surface area (Å²) in [4.78, 5) is 0. The molecule has 0 aliphatic heterocycles. The fourth-order valence-electron chi connectivity index (χ4n) is 5.55. The van der Waals surface area contributed by atoms with Crippen molar-refractivity contribution in [2.45, 2.75) is 71.1 Å².